The van der Waals surface area contributed by atoms with Crippen LogP contribution in [-0.4, -0.2) is 29.4 Å². The molecule has 1 N–H and O–H groups in total. The summed E-state index contributed by atoms with van der Waals surface area (Å²) in [6.45, 7) is 0. The Kier molecular flexibility index (Phi) is 7.11. The van der Waals surface area contributed by atoms with Crippen LogP contribution in [-0.2, 0) is 14.4 Å². The molecule has 0 unspecified atom stereocenters. The van der Waals surface area contributed by atoms with E-state index in [0.29, 0.717) is 23.9 Å². The number of rotatable bonds is 8. The van der Waals surface area contributed by atoms with Crippen molar-refractivity contribution >= 4 is 46.8 Å². The van der Waals surface area contributed by atoms with Crippen molar-refractivity contribution in [2.45, 2.75) is 0 Å². The average molecular weight is 382 g/mol. The third-order valence-electron chi connectivity index (χ3n) is 2.45. The van der Waals surface area contributed by atoms with E-state index in [9.17, 15) is 37.8 Å². The van der Waals surface area contributed by atoms with Gasteiger partial charge < -0.3 is 25.1 Å². The second-order valence-electron chi connectivity index (χ2n) is 4.09. The van der Waals surface area contributed by atoms with Crippen molar-refractivity contribution in [1.82, 2.24) is 0 Å². The van der Waals surface area contributed by atoms with Gasteiger partial charge in [0.15, 0.2) is 23.2 Å². The average Bonchev–Trinajstić information content (AvgIpc) is 2.51. The minimum absolute atomic E-state index is 0.343. The van der Waals surface area contributed by atoms with E-state index in [4.69, 9.17) is 11.6 Å². The number of anilines is 1. The molecule has 1 rings (SSSR count). The molecule has 0 aromatic heterocycles. The molecule has 11 heteroatoms. The number of hydrogen-bond acceptors (Lipinski definition) is 7. The Morgan fingerprint density at radius 1 is 1.08 bits per heavy atom. The van der Waals surface area contributed by atoms with Gasteiger partial charge in [-0.2, -0.15) is 0 Å². The molecular formula is C13H7ClF3NO5S-2. The maximum absolute atomic E-state index is 13.6. The number of carboxylic acids is 2. The quantitative estimate of drug-likeness (QED) is 0.218. The topological polar surface area (TPSA) is 109 Å². The van der Waals surface area contributed by atoms with Gasteiger partial charge in [-0.15, -0.1) is 11.6 Å². The molecule has 0 heterocycles. The maximum Gasteiger partial charge on any atom is 0.196 e. The molecular weight excluding hydrogens is 375 g/mol. The van der Waals surface area contributed by atoms with Crippen molar-refractivity contribution < 1.29 is 37.8 Å². The van der Waals surface area contributed by atoms with Gasteiger partial charge in [-0.3, -0.25) is 4.79 Å². The van der Waals surface area contributed by atoms with E-state index in [1.165, 1.54) is 0 Å². The molecule has 130 valence electrons. The number of benzene rings is 1. The fraction of sp³-hybridized carbons (Fsp3) is 0.154. The molecule has 0 aliphatic heterocycles. The first-order chi connectivity index (χ1) is 11.2. The molecule has 6 nitrogen and oxygen atoms in total. The number of hydrogen-bond donors (Lipinski definition) is 1. The summed E-state index contributed by atoms with van der Waals surface area (Å²) in [5.41, 5.74) is -2.18. The summed E-state index contributed by atoms with van der Waals surface area (Å²) in [7, 11) is 0. The first-order valence-electron chi connectivity index (χ1n) is 5.97. The highest BCUT2D eigenvalue weighted by Gasteiger charge is 2.18. The Labute approximate surface area is 142 Å². The molecule has 0 bridgehead atoms. The summed E-state index contributed by atoms with van der Waals surface area (Å²) in [6.07, 6.45) is 0. The molecule has 0 aliphatic rings. The van der Waals surface area contributed by atoms with E-state index in [0.717, 1.165) is 0 Å². The number of nitrogens with one attached hydrogen (secondary N) is 1. The molecule has 0 saturated heterocycles. The van der Waals surface area contributed by atoms with Crippen molar-refractivity contribution in [3.63, 3.8) is 0 Å². The number of alkyl halides is 1. The minimum Gasteiger partial charge on any atom is -0.545 e. The third kappa shape index (κ3) is 4.90. The van der Waals surface area contributed by atoms with Gasteiger partial charge in [0.2, 0.25) is 0 Å². The summed E-state index contributed by atoms with van der Waals surface area (Å²) in [5.74, 6) is -11.0. The lowest BCUT2D eigenvalue weighted by Gasteiger charge is -2.18. The monoisotopic (exact) mass is 381 g/mol. The highest BCUT2D eigenvalue weighted by Crippen LogP contribution is 2.27. The van der Waals surface area contributed by atoms with Crippen molar-refractivity contribution in [2.75, 3.05) is 16.9 Å². The summed E-state index contributed by atoms with van der Waals surface area (Å²) >= 11 is 5.60. The highest BCUT2D eigenvalue weighted by molar-refractivity contribution is 8.03. The fourth-order valence-electron chi connectivity index (χ4n) is 1.38. The number of carbonyl (C=O) groups excluding carboxylic acids is 3. The van der Waals surface area contributed by atoms with E-state index in [1.807, 2.05) is 5.32 Å². The number of carboxylic acid groups (broad SMARTS) is 2. The number of thioether (sulfide) groups is 1. The summed E-state index contributed by atoms with van der Waals surface area (Å²) in [4.78, 5) is 33.0. The Bertz CT molecular complexity index is 710. The predicted molar refractivity (Wildman–Crippen MR) is 75.2 cm³/mol. The van der Waals surface area contributed by atoms with Gasteiger partial charge in [0.25, 0.3) is 0 Å². The second-order valence-corrected chi connectivity index (χ2v) is 5.34. The molecule has 24 heavy (non-hydrogen) atoms. The zero-order chi connectivity index (χ0) is 18.4. The summed E-state index contributed by atoms with van der Waals surface area (Å²) in [6, 6.07) is 1.24. The van der Waals surface area contributed by atoms with Crippen molar-refractivity contribution in [1.29, 1.82) is 0 Å². The Balaban J connectivity index is 3.31. The van der Waals surface area contributed by atoms with Crippen LogP contribution in [0.4, 0.5) is 18.9 Å². The second kappa shape index (κ2) is 8.60. The van der Waals surface area contributed by atoms with E-state index < -0.39 is 63.1 Å². The Morgan fingerprint density at radius 3 is 2.17 bits per heavy atom. The lowest BCUT2D eigenvalue weighted by molar-refractivity contribution is -0.312. The van der Waals surface area contributed by atoms with Crippen LogP contribution in [0, 0.1) is 17.5 Å². The minimum atomic E-state index is -2.19. The normalized spacial score (nSPS) is 10.2. The lowest BCUT2D eigenvalue weighted by Crippen LogP contribution is -2.38. The van der Waals surface area contributed by atoms with Crippen LogP contribution in [0.15, 0.2) is 22.7 Å². The fourth-order valence-corrected chi connectivity index (χ4v) is 2.48. The zero-order valence-corrected chi connectivity index (χ0v) is 13.1. The zero-order valence-electron chi connectivity index (χ0n) is 11.5. The number of aliphatic carboxylic acids is 2. The van der Waals surface area contributed by atoms with Gasteiger partial charge in [0.1, 0.15) is 0 Å². The van der Waals surface area contributed by atoms with Crippen LogP contribution in [0.3, 0.4) is 0 Å². The van der Waals surface area contributed by atoms with Crippen LogP contribution in [0.5, 0.6) is 0 Å². The van der Waals surface area contributed by atoms with E-state index >= 15 is 0 Å². The number of carbonyl (C=O) groups is 3. The van der Waals surface area contributed by atoms with Crippen LogP contribution < -0.4 is 15.5 Å². The highest BCUT2D eigenvalue weighted by atomic mass is 35.5. The first-order valence-corrected chi connectivity index (χ1v) is 7.49. The molecule has 0 saturated carbocycles. The van der Waals surface area contributed by atoms with E-state index in [1.54, 1.807) is 0 Å². The van der Waals surface area contributed by atoms with Crippen molar-refractivity contribution in [3.05, 3.63) is 40.2 Å². The first kappa shape index (κ1) is 19.8. The molecule has 1 aromatic carbocycles. The van der Waals surface area contributed by atoms with Crippen LogP contribution in [0.1, 0.15) is 0 Å². The largest absolute Gasteiger partial charge is 0.545 e. The number of halogens is 4. The molecule has 0 spiro atoms. The number of Topliss-reactive ketones (excluding diaryl/α,β-unsaturated/α-hetero) is 1. The van der Waals surface area contributed by atoms with Crippen LogP contribution in [0.2, 0.25) is 0 Å². The van der Waals surface area contributed by atoms with E-state index in [2.05, 4.69) is 0 Å². The van der Waals surface area contributed by atoms with Gasteiger partial charge in [-0.25, -0.2) is 13.2 Å². The van der Waals surface area contributed by atoms with Crippen LogP contribution in [0.25, 0.3) is 0 Å². The third-order valence-corrected chi connectivity index (χ3v) is 3.80. The Morgan fingerprint density at radius 2 is 1.67 bits per heavy atom. The predicted octanol–water partition coefficient (Wildman–Crippen LogP) is -0.232. The van der Waals surface area contributed by atoms with Gasteiger partial charge in [0, 0.05) is 0 Å². The van der Waals surface area contributed by atoms with Gasteiger partial charge in [-0.1, -0.05) is 11.8 Å². The molecule has 0 atom stereocenters. The van der Waals surface area contributed by atoms with Crippen molar-refractivity contribution in [2.24, 2.45) is 0 Å². The van der Waals surface area contributed by atoms with Gasteiger partial charge >= 0.3 is 0 Å². The van der Waals surface area contributed by atoms with Gasteiger partial charge in [0.05, 0.1) is 39.9 Å². The molecule has 0 aliphatic carbocycles. The molecule has 0 amide bonds. The Hall–Kier alpha value is -2.20. The molecule has 0 fully saturated rings. The summed E-state index contributed by atoms with van der Waals surface area (Å²) < 4.78 is 39.7. The maximum atomic E-state index is 13.6. The smallest absolute Gasteiger partial charge is 0.196 e. The van der Waals surface area contributed by atoms with Crippen molar-refractivity contribution in [3.8, 4) is 0 Å². The SMILES string of the molecule is O=C(CCl)CSC(Nc1ccc(F)c(F)c1F)=C(C(=O)[O-])C(=O)[O-]. The van der Waals surface area contributed by atoms with Crippen LogP contribution >= 0.6 is 23.4 Å². The standard InChI is InChI=1S/C13H9ClF3NO5S/c14-3-5(19)4-24-11(8(12(20)21)13(22)23)18-7-2-1-6(15)9(16)10(7)17/h1-2,18H,3-4H2,(H,20,21)(H,22,23)/p-2. The number of ketones is 1. The summed E-state index contributed by atoms with van der Waals surface area (Å²) in [5, 5.41) is 23.0. The van der Waals surface area contributed by atoms with Gasteiger partial charge in [-0.05, 0) is 12.1 Å². The van der Waals surface area contributed by atoms with E-state index in [-0.39, 0.29) is 0 Å². The molecule has 1 aromatic rings. The molecule has 0 radical (unpaired) electrons. The lowest BCUT2D eigenvalue weighted by atomic mass is 10.2.